The molecule has 150 valence electrons. The van der Waals surface area contributed by atoms with E-state index in [0.29, 0.717) is 5.96 Å². The van der Waals surface area contributed by atoms with Crippen LogP contribution in [0.1, 0.15) is 45.7 Å². The molecule has 1 aromatic rings. The second-order valence-corrected chi connectivity index (χ2v) is 8.83. The molecule has 27 heavy (non-hydrogen) atoms. The summed E-state index contributed by atoms with van der Waals surface area (Å²) in [5.41, 5.74) is 2.61. The molecule has 6 nitrogen and oxygen atoms in total. The summed E-state index contributed by atoms with van der Waals surface area (Å²) in [4.78, 5) is 18.7. The van der Waals surface area contributed by atoms with E-state index in [1.54, 1.807) is 7.05 Å². The fourth-order valence-electron chi connectivity index (χ4n) is 3.27. The van der Waals surface area contributed by atoms with Crippen molar-refractivity contribution in [1.82, 2.24) is 20.9 Å². The van der Waals surface area contributed by atoms with Crippen LogP contribution < -0.4 is 16.0 Å². The van der Waals surface area contributed by atoms with Crippen molar-refractivity contribution in [2.45, 2.75) is 58.7 Å². The van der Waals surface area contributed by atoms with E-state index in [2.05, 4.69) is 64.0 Å². The molecule has 1 aliphatic rings. The number of hydrogen-bond acceptors (Lipinski definition) is 3. The number of carbonyl (C=O) groups is 1. The van der Waals surface area contributed by atoms with Gasteiger partial charge in [-0.2, -0.15) is 0 Å². The maximum atomic E-state index is 12.0. The molecule has 1 aliphatic heterocycles. The summed E-state index contributed by atoms with van der Waals surface area (Å²) in [6.07, 6.45) is 1.08. The Balaban J connectivity index is 1.85. The SMILES string of the molecule is CN=C(NCC(=O)NC(C)(C)C)NCC(C)(C)N1CCc2ccccc2C1. The summed E-state index contributed by atoms with van der Waals surface area (Å²) < 4.78 is 0. The lowest BCUT2D eigenvalue weighted by molar-refractivity contribution is -0.121. The molecule has 0 atom stereocenters. The van der Waals surface area contributed by atoms with Crippen LogP contribution in [0.25, 0.3) is 0 Å². The predicted molar refractivity (Wildman–Crippen MR) is 112 cm³/mol. The first-order chi connectivity index (χ1) is 12.6. The van der Waals surface area contributed by atoms with Gasteiger partial charge in [0.05, 0.1) is 6.54 Å². The van der Waals surface area contributed by atoms with Crippen LogP contribution in [0.4, 0.5) is 0 Å². The highest BCUT2D eigenvalue weighted by Gasteiger charge is 2.29. The average molecular weight is 374 g/mol. The maximum absolute atomic E-state index is 12.0. The summed E-state index contributed by atoms with van der Waals surface area (Å²) in [6, 6.07) is 8.68. The molecule has 0 saturated heterocycles. The summed E-state index contributed by atoms with van der Waals surface area (Å²) in [5.74, 6) is 0.599. The largest absolute Gasteiger partial charge is 0.355 e. The molecule has 1 aromatic carbocycles. The van der Waals surface area contributed by atoms with E-state index in [1.165, 1.54) is 11.1 Å². The van der Waals surface area contributed by atoms with Gasteiger partial charge in [-0.15, -0.1) is 0 Å². The number of fused-ring (bicyclic) bond motifs is 1. The summed E-state index contributed by atoms with van der Waals surface area (Å²) in [6.45, 7) is 13.4. The Kier molecular flexibility index (Phi) is 6.87. The summed E-state index contributed by atoms with van der Waals surface area (Å²) in [7, 11) is 1.72. The molecule has 0 radical (unpaired) electrons. The minimum Gasteiger partial charge on any atom is -0.355 e. The van der Waals surface area contributed by atoms with Crippen molar-refractivity contribution in [3.63, 3.8) is 0 Å². The van der Waals surface area contributed by atoms with Crippen molar-refractivity contribution in [1.29, 1.82) is 0 Å². The van der Waals surface area contributed by atoms with Gasteiger partial charge in [0, 0.05) is 37.8 Å². The van der Waals surface area contributed by atoms with E-state index < -0.39 is 0 Å². The Bertz CT molecular complexity index is 675. The highest BCUT2D eigenvalue weighted by atomic mass is 16.2. The van der Waals surface area contributed by atoms with Gasteiger partial charge in [-0.25, -0.2) is 0 Å². The number of rotatable bonds is 5. The molecule has 0 bridgehead atoms. The third kappa shape index (κ3) is 6.54. The molecule has 0 aromatic heterocycles. The van der Waals surface area contributed by atoms with E-state index in [1.807, 2.05) is 20.8 Å². The Labute approximate surface area is 163 Å². The lowest BCUT2D eigenvalue weighted by atomic mass is 9.94. The van der Waals surface area contributed by atoms with Crippen molar-refractivity contribution in [3.05, 3.63) is 35.4 Å². The second-order valence-electron chi connectivity index (χ2n) is 8.83. The van der Waals surface area contributed by atoms with Crippen LogP contribution in [0.3, 0.4) is 0 Å². The normalized spacial score (nSPS) is 15.9. The van der Waals surface area contributed by atoms with Crippen LogP contribution in [-0.4, -0.2) is 54.5 Å². The highest BCUT2D eigenvalue weighted by molar-refractivity contribution is 5.86. The van der Waals surface area contributed by atoms with Crippen molar-refractivity contribution in [2.75, 3.05) is 26.7 Å². The minimum atomic E-state index is -0.234. The van der Waals surface area contributed by atoms with Crippen molar-refractivity contribution in [3.8, 4) is 0 Å². The minimum absolute atomic E-state index is 0.0289. The zero-order valence-electron chi connectivity index (χ0n) is 17.6. The zero-order chi connectivity index (χ0) is 20.1. The number of guanidine groups is 1. The van der Waals surface area contributed by atoms with Crippen molar-refractivity contribution < 1.29 is 4.79 Å². The lowest BCUT2D eigenvalue weighted by Gasteiger charge is -2.42. The van der Waals surface area contributed by atoms with Gasteiger partial charge in [0.15, 0.2) is 5.96 Å². The molecule has 0 saturated carbocycles. The lowest BCUT2D eigenvalue weighted by Crippen LogP contribution is -2.55. The van der Waals surface area contributed by atoms with E-state index in [-0.39, 0.29) is 23.5 Å². The fourth-order valence-corrected chi connectivity index (χ4v) is 3.27. The maximum Gasteiger partial charge on any atom is 0.239 e. The summed E-state index contributed by atoms with van der Waals surface area (Å²) in [5, 5.41) is 9.40. The van der Waals surface area contributed by atoms with Crippen LogP contribution >= 0.6 is 0 Å². The van der Waals surface area contributed by atoms with Gasteiger partial charge in [0.2, 0.25) is 5.91 Å². The van der Waals surface area contributed by atoms with Crippen molar-refractivity contribution in [2.24, 2.45) is 4.99 Å². The number of amides is 1. The first-order valence-corrected chi connectivity index (χ1v) is 9.68. The molecule has 0 unspecified atom stereocenters. The Morgan fingerprint density at radius 1 is 1.11 bits per heavy atom. The number of nitrogens with zero attached hydrogens (tertiary/aromatic N) is 2. The Morgan fingerprint density at radius 3 is 2.41 bits per heavy atom. The van der Waals surface area contributed by atoms with E-state index in [4.69, 9.17) is 0 Å². The molecule has 3 N–H and O–H groups in total. The first-order valence-electron chi connectivity index (χ1n) is 9.68. The molecular formula is C21H35N5O. The van der Waals surface area contributed by atoms with Crippen LogP contribution in [0.2, 0.25) is 0 Å². The van der Waals surface area contributed by atoms with Gasteiger partial charge in [-0.1, -0.05) is 24.3 Å². The van der Waals surface area contributed by atoms with Gasteiger partial charge in [-0.05, 0) is 52.2 Å². The Hall–Kier alpha value is -2.08. The van der Waals surface area contributed by atoms with Gasteiger partial charge in [0.1, 0.15) is 0 Å². The van der Waals surface area contributed by atoms with Gasteiger partial charge in [-0.3, -0.25) is 14.7 Å². The molecule has 1 amide bonds. The summed E-state index contributed by atoms with van der Waals surface area (Å²) >= 11 is 0. The molecule has 0 fully saturated rings. The Morgan fingerprint density at radius 2 is 1.78 bits per heavy atom. The van der Waals surface area contributed by atoms with Crippen molar-refractivity contribution >= 4 is 11.9 Å². The number of carbonyl (C=O) groups excluding carboxylic acids is 1. The van der Waals surface area contributed by atoms with Gasteiger partial charge in [0.25, 0.3) is 0 Å². The predicted octanol–water partition coefficient (Wildman–Crippen LogP) is 1.90. The van der Waals surface area contributed by atoms with E-state index >= 15 is 0 Å². The number of benzene rings is 1. The molecular weight excluding hydrogens is 338 g/mol. The van der Waals surface area contributed by atoms with Crippen LogP contribution in [0, 0.1) is 0 Å². The number of aliphatic imine (C=N–C) groups is 1. The average Bonchev–Trinajstić information content (AvgIpc) is 2.60. The first kappa shape index (κ1) is 21.2. The van der Waals surface area contributed by atoms with Crippen LogP contribution in [0.15, 0.2) is 29.3 Å². The molecule has 1 heterocycles. The third-order valence-corrected chi connectivity index (χ3v) is 4.83. The topological polar surface area (TPSA) is 68.8 Å². The van der Waals surface area contributed by atoms with Gasteiger partial charge < -0.3 is 16.0 Å². The monoisotopic (exact) mass is 373 g/mol. The van der Waals surface area contributed by atoms with Crippen LogP contribution in [0.5, 0.6) is 0 Å². The van der Waals surface area contributed by atoms with Gasteiger partial charge >= 0.3 is 0 Å². The zero-order valence-corrected chi connectivity index (χ0v) is 17.6. The van der Waals surface area contributed by atoms with E-state index in [9.17, 15) is 4.79 Å². The molecule has 6 heteroatoms. The fraction of sp³-hybridized carbons (Fsp3) is 0.619. The molecule has 2 rings (SSSR count). The molecule has 0 aliphatic carbocycles. The van der Waals surface area contributed by atoms with Crippen LogP contribution in [-0.2, 0) is 17.8 Å². The third-order valence-electron chi connectivity index (χ3n) is 4.83. The second kappa shape index (κ2) is 8.74. The highest BCUT2D eigenvalue weighted by Crippen LogP contribution is 2.24. The smallest absolute Gasteiger partial charge is 0.239 e. The quantitative estimate of drug-likeness (QED) is 0.545. The number of hydrogen-bond donors (Lipinski definition) is 3. The molecule has 0 spiro atoms. The number of nitrogens with one attached hydrogen (secondary N) is 3. The standard InChI is InChI=1S/C21H35N5O/c1-20(2,3)25-18(27)13-23-19(22-6)24-15-21(4,5)26-12-11-16-9-7-8-10-17(16)14-26/h7-10H,11-15H2,1-6H3,(H,25,27)(H2,22,23,24). The van der Waals surface area contributed by atoms with E-state index in [0.717, 1.165) is 26.1 Å².